The van der Waals surface area contributed by atoms with E-state index in [1.54, 1.807) is 0 Å². The lowest BCUT2D eigenvalue weighted by molar-refractivity contribution is -0.385. The Morgan fingerprint density at radius 1 is 0.560 bits per heavy atom. The monoisotopic (exact) mass is 950 g/mol. The van der Waals surface area contributed by atoms with Crippen LogP contribution in [0.1, 0.15) is 36.6 Å². The third-order valence-electron chi connectivity index (χ3n) is 6.44. The van der Waals surface area contributed by atoms with Crippen molar-refractivity contribution in [2.75, 3.05) is 16.0 Å². The van der Waals surface area contributed by atoms with Gasteiger partial charge in [-0.15, -0.1) is 0 Å². The molecule has 0 unspecified atom stereocenters. The van der Waals surface area contributed by atoms with E-state index < -0.39 is 61.2 Å². The van der Waals surface area contributed by atoms with E-state index in [-0.39, 0.29) is 57.8 Å². The maximum absolute atomic E-state index is 13.5. The molecule has 0 aliphatic carbocycles. The van der Waals surface area contributed by atoms with Gasteiger partial charge in [0.05, 0.1) is 31.7 Å². The lowest BCUT2D eigenvalue weighted by Gasteiger charge is -2.14. The van der Waals surface area contributed by atoms with Crippen molar-refractivity contribution >= 4 is 116 Å². The summed E-state index contributed by atoms with van der Waals surface area (Å²) in [6, 6.07) is 8.77. The molecule has 0 atom stereocenters. The van der Waals surface area contributed by atoms with Crippen LogP contribution in [0.25, 0.3) is 0 Å². The van der Waals surface area contributed by atoms with Gasteiger partial charge in [-0.2, -0.15) is 13.2 Å². The minimum Gasteiger partial charge on any atom is -0.320 e. The maximum atomic E-state index is 13.5. The van der Waals surface area contributed by atoms with Crippen LogP contribution in [0.4, 0.5) is 47.3 Å². The van der Waals surface area contributed by atoms with E-state index in [1.165, 1.54) is 0 Å². The highest BCUT2D eigenvalue weighted by atomic mass is 79.9. The number of nitrogens with one attached hydrogen (secondary N) is 3. The largest absolute Gasteiger partial charge is 0.416 e. The van der Waals surface area contributed by atoms with E-state index in [1.807, 2.05) is 0 Å². The second kappa shape index (κ2) is 15.0. The Labute approximate surface area is 309 Å². The average Bonchev–Trinajstić information content (AvgIpc) is 3.03. The molecule has 15 nitrogen and oxygen atoms in total. The molecule has 0 aliphatic heterocycles. The van der Waals surface area contributed by atoms with Crippen LogP contribution in [0, 0.1) is 30.3 Å². The zero-order chi connectivity index (χ0) is 37.2. The number of non-ortho nitro benzene ring substituents is 2. The molecule has 4 rings (SSSR count). The molecule has 3 N–H and O–H groups in total. The number of amides is 3. The average molecular weight is 954 g/mol. The maximum Gasteiger partial charge on any atom is 0.416 e. The van der Waals surface area contributed by atoms with Crippen LogP contribution < -0.4 is 16.0 Å². The van der Waals surface area contributed by atoms with Crippen LogP contribution in [-0.4, -0.2) is 32.5 Å². The molecule has 0 fully saturated rings. The predicted molar refractivity (Wildman–Crippen MR) is 185 cm³/mol. The summed E-state index contributed by atoms with van der Waals surface area (Å²) in [5, 5.41) is 41.1. The van der Waals surface area contributed by atoms with Crippen LogP contribution in [-0.2, 0) is 6.18 Å². The van der Waals surface area contributed by atoms with E-state index >= 15 is 0 Å². The highest BCUT2D eigenvalue weighted by Gasteiger charge is 2.33. The van der Waals surface area contributed by atoms with Crippen LogP contribution in [0.15, 0.2) is 78.6 Å². The summed E-state index contributed by atoms with van der Waals surface area (Å²) in [7, 11) is 0. The van der Waals surface area contributed by atoms with Crippen LogP contribution in [0.3, 0.4) is 0 Å². The Bertz CT molecular complexity index is 2000. The number of anilines is 3. The van der Waals surface area contributed by atoms with Crippen LogP contribution in [0.5, 0.6) is 0 Å². The van der Waals surface area contributed by atoms with Crippen LogP contribution >= 0.6 is 63.7 Å². The molecule has 0 spiro atoms. The number of halogens is 7. The number of nitro benzene ring substituents is 3. The van der Waals surface area contributed by atoms with Crippen molar-refractivity contribution in [2.45, 2.75) is 6.18 Å². The molecule has 4 aromatic carbocycles. The molecule has 0 aromatic heterocycles. The highest BCUT2D eigenvalue weighted by molar-refractivity contribution is 9.11. The van der Waals surface area contributed by atoms with Crippen molar-refractivity contribution in [1.29, 1.82) is 0 Å². The van der Waals surface area contributed by atoms with E-state index in [9.17, 15) is 57.9 Å². The first-order valence-electron chi connectivity index (χ1n) is 13.0. The normalized spacial score (nSPS) is 11.0. The van der Waals surface area contributed by atoms with Crippen molar-refractivity contribution < 1.29 is 42.3 Å². The van der Waals surface area contributed by atoms with Gasteiger partial charge in [-0.1, -0.05) is 0 Å². The van der Waals surface area contributed by atoms with Gasteiger partial charge in [0.15, 0.2) is 0 Å². The number of rotatable bonds is 9. The fourth-order valence-corrected chi connectivity index (χ4v) is 6.84. The summed E-state index contributed by atoms with van der Waals surface area (Å²) in [4.78, 5) is 71.8. The molecular weight excluding hydrogens is 941 g/mol. The summed E-state index contributed by atoms with van der Waals surface area (Å²) in [5.74, 6) is -3.09. The van der Waals surface area contributed by atoms with E-state index in [4.69, 9.17) is 0 Å². The molecule has 22 heteroatoms. The molecule has 0 aliphatic rings. The molecule has 4 aromatic rings. The molecule has 0 heterocycles. The Hall–Kier alpha value is -4.80. The summed E-state index contributed by atoms with van der Waals surface area (Å²) < 4.78 is 39.9. The second-order valence-electron chi connectivity index (χ2n) is 9.73. The summed E-state index contributed by atoms with van der Waals surface area (Å²) >= 11 is 12.5. The van der Waals surface area contributed by atoms with Gasteiger partial charge >= 0.3 is 6.18 Å². The molecule has 0 saturated heterocycles. The van der Waals surface area contributed by atoms with Gasteiger partial charge in [0.1, 0.15) is 5.69 Å². The Morgan fingerprint density at radius 2 is 0.920 bits per heavy atom. The molecular formula is C28H13Br4F3N6O9. The van der Waals surface area contributed by atoms with Crippen molar-refractivity contribution in [3.63, 3.8) is 0 Å². The first-order chi connectivity index (χ1) is 23.3. The minimum atomic E-state index is -4.93. The summed E-state index contributed by atoms with van der Waals surface area (Å²) in [6.07, 6.45) is -4.93. The molecule has 0 saturated carbocycles. The van der Waals surface area contributed by atoms with Gasteiger partial charge in [0, 0.05) is 64.9 Å². The van der Waals surface area contributed by atoms with Crippen molar-refractivity contribution in [2.24, 2.45) is 0 Å². The smallest absolute Gasteiger partial charge is 0.320 e. The number of hydrogen-bond acceptors (Lipinski definition) is 9. The molecule has 0 bridgehead atoms. The first kappa shape index (κ1) is 38.0. The zero-order valence-electron chi connectivity index (χ0n) is 23.9. The lowest BCUT2D eigenvalue weighted by Crippen LogP contribution is -2.20. The topological polar surface area (TPSA) is 217 Å². The van der Waals surface area contributed by atoms with Gasteiger partial charge in [-0.05, 0) is 94.1 Å². The third-order valence-corrected chi connectivity index (χ3v) is 8.94. The Morgan fingerprint density at radius 3 is 1.24 bits per heavy atom. The fourth-order valence-electron chi connectivity index (χ4n) is 4.12. The molecule has 258 valence electrons. The van der Waals surface area contributed by atoms with Crippen molar-refractivity contribution in [3.8, 4) is 0 Å². The zero-order valence-corrected chi connectivity index (χ0v) is 30.3. The third kappa shape index (κ3) is 8.67. The molecule has 3 amide bonds. The van der Waals surface area contributed by atoms with Gasteiger partial charge in [-0.25, -0.2) is 0 Å². The highest BCUT2D eigenvalue weighted by Crippen LogP contribution is 2.38. The Kier molecular flexibility index (Phi) is 11.4. The predicted octanol–water partition coefficient (Wildman–Crippen LogP) is 9.24. The standard InChI is InChI=1S/C28H13Br4F3N6O9/c29-17-7-15(39(45)46)8-18(30)23(17)37-26(43)12-3-11(25(42)36-21-2-1-14(28(33,34)35)6-22(21)41(49)50)4-13(5-12)27(44)38-24-19(31)9-16(40(47)48)10-20(24)32/h1-10H,(H,36,42)(H,37,43)(H,38,44). The van der Waals surface area contributed by atoms with Crippen molar-refractivity contribution in [1.82, 2.24) is 0 Å². The lowest BCUT2D eigenvalue weighted by atomic mass is 10.0. The minimum absolute atomic E-state index is 0.0144. The quantitative estimate of drug-likeness (QED) is 0.107. The number of carbonyl (C=O) groups excluding carboxylic acids is 3. The van der Waals surface area contributed by atoms with E-state index in [0.29, 0.717) is 12.1 Å². The van der Waals surface area contributed by atoms with Crippen molar-refractivity contribution in [3.05, 3.63) is 131 Å². The first-order valence-corrected chi connectivity index (χ1v) is 16.2. The van der Waals surface area contributed by atoms with E-state index in [2.05, 4.69) is 79.7 Å². The van der Waals surface area contributed by atoms with Crippen LogP contribution in [0.2, 0.25) is 0 Å². The number of nitrogens with zero attached hydrogens (tertiary/aromatic N) is 3. The SMILES string of the molecule is O=C(Nc1ccc(C(F)(F)F)cc1[N+](=O)[O-])c1cc(C(=O)Nc2c(Br)cc([N+](=O)[O-])cc2Br)cc(C(=O)Nc2c(Br)cc([N+](=O)[O-])cc2Br)c1. The number of carbonyl (C=O) groups is 3. The van der Waals surface area contributed by atoms with Gasteiger partial charge in [0.25, 0.3) is 34.8 Å². The number of nitro groups is 3. The molecule has 50 heavy (non-hydrogen) atoms. The van der Waals surface area contributed by atoms with E-state index in [0.717, 1.165) is 42.5 Å². The van der Waals surface area contributed by atoms with Gasteiger partial charge in [0.2, 0.25) is 0 Å². The van der Waals surface area contributed by atoms with Gasteiger partial charge in [-0.3, -0.25) is 44.7 Å². The summed E-state index contributed by atoms with van der Waals surface area (Å²) in [5.41, 5.74) is -4.89. The number of hydrogen-bond donors (Lipinski definition) is 3. The van der Waals surface area contributed by atoms with Gasteiger partial charge < -0.3 is 16.0 Å². The number of benzene rings is 4. The number of alkyl halides is 3. The second-order valence-corrected chi connectivity index (χ2v) is 13.1. The fraction of sp³-hybridized carbons (Fsp3) is 0.0357. The molecule has 0 radical (unpaired) electrons. The summed E-state index contributed by atoms with van der Waals surface area (Å²) in [6.45, 7) is 0. The Balaban J connectivity index is 1.78.